The van der Waals surface area contributed by atoms with Crippen LogP contribution in [0, 0.1) is 13.8 Å². The van der Waals surface area contributed by atoms with E-state index in [0.717, 1.165) is 10.0 Å². The zero-order valence-corrected chi connectivity index (χ0v) is 18.7. The molecule has 0 amide bonds. The summed E-state index contributed by atoms with van der Waals surface area (Å²) in [5.74, 6) is 0. The van der Waals surface area contributed by atoms with Crippen LogP contribution in [-0.2, 0) is 10.8 Å². The molecule has 4 aromatic rings. The summed E-state index contributed by atoms with van der Waals surface area (Å²) in [4.78, 5) is 12.6. The first-order valence-electron chi connectivity index (χ1n) is 9.78. The lowest BCUT2D eigenvalue weighted by atomic mass is 9.67. The Kier molecular flexibility index (Phi) is 2.97. The van der Waals surface area contributed by atoms with Crippen LogP contribution < -0.4 is 0 Å². The molecule has 0 saturated heterocycles. The summed E-state index contributed by atoms with van der Waals surface area (Å²) in [7, 11) is 0. The minimum Gasteiger partial charge on any atom is -0.245 e. The number of nitrogens with zero attached hydrogens (tertiary/aromatic N) is 2. The minimum atomic E-state index is -0.0850. The molecule has 28 heavy (non-hydrogen) atoms. The Balaban J connectivity index is 1.86. The molecule has 6 rings (SSSR count). The zero-order valence-electron chi connectivity index (χ0n) is 17.0. The number of aromatic nitrogens is 2. The van der Waals surface area contributed by atoms with E-state index in [9.17, 15) is 0 Å². The molecular formula is C24H22N2S2. The zero-order chi connectivity index (χ0) is 19.6. The van der Waals surface area contributed by atoms with Crippen molar-refractivity contribution in [1.82, 2.24) is 9.97 Å². The van der Waals surface area contributed by atoms with Crippen molar-refractivity contribution in [3.63, 3.8) is 0 Å². The molecule has 140 valence electrons. The summed E-state index contributed by atoms with van der Waals surface area (Å²) in [6.07, 6.45) is 0. The van der Waals surface area contributed by atoms with Gasteiger partial charge in [-0.25, -0.2) is 9.97 Å². The van der Waals surface area contributed by atoms with E-state index < -0.39 is 0 Å². The molecule has 0 fully saturated rings. The van der Waals surface area contributed by atoms with Gasteiger partial charge in [0.15, 0.2) is 0 Å². The van der Waals surface area contributed by atoms with E-state index in [4.69, 9.17) is 9.97 Å². The smallest absolute Gasteiger partial charge is 0.0904 e. The van der Waals surface area contributed by atoms with Gasteiger partial charge in [-0.3, -0.25) is 0 Å². The number of thiazole rings is 2. The molecule has 0 saturated carbocycles. The Morgan fingerprint density at radius 1 is 0.643 bits per heavy atom. The highest BCUT2D eigenvalue weighted by Gasteiger charge is 2.42. The maximum Gasteiger partial charge on any atom is 0.0904 e. The monoisotopic (exact) mass is 402 g/mol. The number of aryl methyl sites for hydroxylation is 2. The first-order valence-corrected chi connectivity index (χ1v) is 11.4. The molecule has 0 N–H and O–H groups in total. The highest BCUT2D eigenvalue weighted by molar-refractivity contribution is 7.15. The standard InChI is InChI=1S/C24H22N2S2/c1-11-25-21-19(27-11)13-7-9-16-18-14(8-10-15(17(13)18)23(21,3)4)20-22(24(16,5)6)26-12(2)28-20/h7-10H,1-6H3. The molecule has 0 unspecified atom stereocenters. The SMILES string of the molecule is Cc1nc2c(s1)-c1ccc3c4c(ccc(c14)C2(C)C)-c1sc(C)nc1C3(C)C. The van der Waals surface area contributed by atoms with Crippen molar-refractivity contribution in [2.24, 2.45) is 0 Å². The normalized spacial score (nSPS) is 17.5. The van der Waals surface area contributed by atoms with E-state index in [0.29, 0.717) is 0 Å². The Hall–Kier alpha value is -2.04. The number of benzene rings is 2. The molecule has 0 radical (unpaired) electrons. The highest BCUT2D eigenvalue weighted by atomic mass is 32.1. The summed E-state index contributed by atoms with van der Waals surface area (Å²) in [5.41, 5.74) is 7.82. The predicted molar refractivity (Wildman–Crippen MR) is 120 cm³/mol. The van der Waals surface area contributed by atoms with Gasteiger partial charge in [0.25, 0.3) is 0 Å². The third kappa shape index (κ3) is 1.79. The quantitative estimate of drug-likeness (QED) is 0.317. The lowest BCUT2D eigenvalue weighted by molar-refractivity contribution is 0.617. The van der Waals surface area contributed by atoms with E-state index in [1.54, 1.807) is 0 Å². The Morgan fingerprint density at radius 3 is 1.43 bits per heavy atom. The molecule has 0 bridgehead atoms. The fourth-order valence-corrected chi connectivity index (χ4v) is 7.46. The van der Waals surface area contributed by atoms with Crippen molar-refractivity contribution in [2.75, 3.05) is 0 Å². The van der Waals surface area contributed by atoms with Gasteiger partial charge in [0.2, 0.25) is 0 Å². The largest absolute Gasteiger partial charge is 0.245 e. The van der Waals surface area contributed by atoms with Gasteiger partial charge in [0.05, 0.1) is 31.2 Å². The molecule has 2 aromatic heterocycles. The number of hydrogen-bond acceptors (Lipinski definition) is 4. The maximum atomic E-state index is 4.95. The van der Waals surface area contributed by atoms with Gasteiger partial charge >= 0.3 is 0 Å². The van der Waals surface area contributed by atoms with Crippen LogP contribution in [-0.4, -0.2) is 9.97 Å². The molecule has 4 heteroatoms. The predicted octanol–water partition coefficient (Wildman–Crippen LogP) is 6.98. The van der Waals surface area contributed by atoms with Crippen LogP contribution >= 0.6 is 22.7 Å². The third-order valence-corrected chi connectivity index (χ3v) is 8.66. The molecule has 0 spiro atoms. The van der Waals surface area contributed by atoms with Gasteiger partial charge in [-0.2, -0.15) is 0 Å². The summed E-state index contributed by atoms with van der Waals surface area (Å²) in [6.45, 7) is 13.6. The van der Waals surface area contributed by atoms with Crippen molar-refractivity contribution < 1.29 is 0 Å². The van der Waals surface area contributed by atoms with E-state index in [-0.39, 0.29) is 10.8 Å². The van der Waals surface area contributed by atoms with Crippen LogP contribution in [0.3, 0.4) is 0 Å². The summed E-state index contributed by atoms with van der Waals surface area (Å²) in [5, 5.41) is 5.16. The van der Waals surface area contributed by atoms with Crippen LogP contribution in [0.5, 0.6) is 0 Å². The molecular weight excluding hydrogens is 380 g/mol. The van der Waals surface area contributed by atoms with Crippen molar-refractivity contribution >= 4 is 33.4 Å². The number of rotatable bonds is 0. The molecule has 2 aliphatic carbocycles. The van der Waals surface area contributed by atoms with Crippen molar-refractivity contribution in [3.8, 4) is 20.9 Å². The molecule has 2 aromatic carbocycles. The lowest BCUT2D eigenvalue weighted by Gasteiger charge is -2.37. The molecule has 2 heterocycles. The van der Waals surface area contributed by atoms with Crippen LogP contribution in [0.25, 0.3) is 31.7 Å². The second-order valence-electron chi connectivity index (χ2n) is 9.14. The fourth-order valence-electron chi connectivity index (χ4n) is 5.24. The fraction of sp³-hybridized carbons (Fsp3) is 0.333. The van der Waals surface area contributed by atoms with Gasteiger partial charge in [-0.1, -0.05) is 52.0 Å². The lowest BCUT2D eigenvalue weighted by Crippen LogP contribution is -2.27. The highest BCUT2D eigenvalue weighted by Crippen LogP contribution is 2.57. The van der Waals surface area contributed by atoms with Crippen LogP contribution in [0.2, 0.25) is 0 Å². The van der Waals surface area contributed by atoms with Crippen LogP contribution in [0.15, 0.2) is 24.3 Å². The Bertz CT molecular complexity index is 1230. The topological polar surface area (TPSA) is 25.8 Å². The summed E-state index contributed by atoms with van der Waals surface area (Å²) < 4.78 is 0. The maximum absolute atomic E-state index is 4.95. The third-order valence-electron chi connectivity index (χ3n) is 6.65. The first-order chi connectivity index (χ1) is 13.2. The first kappa shape index (κ1) is 16.9. The van der Waals surface area contributed by atoms with Crippen molar-refractivity contribution in [3.05, 3.63) is 56.8 Å². The van der Waals surface area contributed by atoms with Gasteiger partial charge in [-0.05, 0) is 35.7 Å². The van der Waals surface area contributed by atoms with Gasteiger partial charge in [-0.15, -0.1) is 22.7 Å². The van der Waals surface area contributed by atoms with Crippen molar-refractivity contribution in [2.45, 2.75) is 52.4 Å². The Labute approximate surface area is 173 Å². The van der Waals surface area contributed by atoms with Crippen molar-refractivity contribution in [1.29, 1.82) is 0 Å². The van der Waals surface area contributed by atoms with Crippen LogP contribution in [0.4, 0.5) is 0 Å². The van der Waals surface area contributed by atoms with E-state index >= 15 is 0 Å². The molecule has 0 aliphatic heterocycles. The average Bonchev–Trinajstić information content (AvgIpc) is 3.22. The summed E-state index contributed by atoms with van der Waals surface area (Å²) >= 11 is 3.67. The second-order valence-corrected chi connectivity index (χ2v) is 11.5. The molecule has 2 aliphatic rings. The second kappa shape index (κ2) is 4.92. The van der Waals surface area contributed by atoms with E-state index in [1.807, 2.05) is 22.7 Å². The number of fused-ring (bicyclic) bond motifs is 4. The minimum absolute atomic E-state index is 0.0850. The average molecular weight is 403 g/mol. The molecule has 2 nitrogen and oxygen atoms in total. The van der Waals surface area contributed by atoms with Crippen LogP contribution in [0.1, 0.15) is 60.2 Å². The van der Waals surface area contributed by atoms with E-state index in [1.165, 1.54) is 54.2 Å². The molecule has 0 atom stereocenters. The van der Waals surface area contributed by atoms with E-state index in [2.05, 4.69) is 65.8 Å². The van der Waals surface area contributed by atoms with Gasteiger partial charge in [0, 0.05) is 22.0 Å². The number of hydrogen-bond donors (Lipinski definition) is 0. The van der Waals surface area contributed by atoms with Gasteiger partial charge < -0.3 is 0 Å². The summed E-state index contributed by atoms with van der Waals surface area (Å²) in [6, 6.07) is 9.37. The Morgan fingerprint density at radius 2 is 1.04 bits per heavy atom. The van der Waals surface area contributed by atoms with Gasteiger partial charge in [0.1, 0.15) is 0 Å².